The topological polar surface area (TPSA) is 62.2 Å². The molecule has 1 aliphatic rings. The fourth-order valence-electron chi connectivity index (χ4n) is 2.55. The largest absolute Gasteiger partial charge is 0.339 e. The molecular formula is C16H19N5O. The Morgan fingerprint density at radius 1 is 0.955 bits per heavy atom. The SMILES string of the molecule is O=C(CCc1ccccn1)N1CCN(c2ncccn2)CC1. The van der Waals surface area contributed by atoms with E-state index in [-0.39, 0.29) is 5.91 Å². The van der Waals surface area contributed by atoms with E-state index in [1.807, 2.05) is 23.1 Å². The second kappa shape index (κ2) is 6.98. The van der Waals surface area contributed by atoms with Crippen molar-refractivity contribution in [3.05, 3.63) is 48.5 Å². The summed E-state index contributed by atoms with van der Waals surface area (Å²) in [7, 11) is 0. The zero-order chi connectivity index (χ0) is 15.2. The van der Waals surface area contributed by atoms with E-state index in [1.54, 1.807) is 24.7 Å². The minimum atomic E-state index is 0.194. The van der Waals surface area contributed by atoms with Crippen LogP contribution in [0.15, 0.2) is 42.9 Å². The van der Waals surface area contributed by atoms with Crippen LogP contribution in [0, 0.1) is 0 Å². The summed E-state index contributed by atoms with van der Waals surface area (Å²) in [6, 6.07) is 7.60. The van der Waals surface area contributed by atoms with Crippen molar-refractivity contribution in [1.82, 2.24) is 19.9 Å². The quantitative estimate of drug-likeness (QED) is 0.847. The summed E-state index contributed by atoms with van der Waals surface area (Å²) in [5, 5.41) is 0. The molecule has 0 unspecified atom stereocenters. The van der Waals surface area contributed by atoms with E-state index in [4.69, 9.17) is 0 Å². The van der Waals surface area contributed by atoms with E-state index >= 15 is 0 Å². The van der Waals surface area contributed by atoms with Crippen molar-refractivity contribution in [2.45, 2.75) is 12.8 Å². The van der Waals surface area contributed by atoms with Gasteiger partial charge in [-0.2, -0.15) is 0 Å². The predicted molar refractivity (Wildman–Crippen MR) is 83.4 cm³/mol. The molecule has 0 saturated carbocycles. The van der Waals surface area contributed by atoms with Crippen molar-refractivity contribution in [2.24, 2.45) is 0 Å². The van der Waals surface area contributed by atoms with Crippen molar-refractivity contribution < 1.29 is 4.79 Å². The number of hydrogen-bond acceptors (Lipinski definition) is 5. The number of amides is 1. The highest BCUT2D eigenvalue weighted by Gasteiger charge is 2.22. The molecule has 1 aliphatic heterocycles. The smallest absolute Gasteiger partial charge is 0.225 e. The third-order valence-electron chi connectivity index (χ3n) is 3.79. The highest BCUT2D eigenvalue weighted by molar-refractivity contribution is 5.76. The van der Waals surface area contributed by atoms with Crippen molar-refractivity contribution in [1.29, 1.82) is 0 Å². The Morgan fingerprint density at radius 3 is 2.36 bits per heavy atom. The van der Waals surface area contributed by atoms with Gasteiger partial charge in [0.1, 0.15) is 0 Å². The van der Waals surface area contributed by atoms with Gasteiger partial charge in [-0.3, -0.25) is 9.78 Å². The van der Waals surface area contributed by atoms with E-state index in [2.05, 4.69) is 19.9 Å². The number of nitrogens with zero attached hydrogens (tertiary/aromatic N) is 5. The van der Waals surface area contributed by atoms with Crippen LogP contribution in [-0.2, 0) is 11.2 Å². The number of piperazine rings is 1. The molecule has 1 fully saturated rings. The molecular weight excluding hydrogens is 278 g/mol. The van der Waals surface area contributed by atoms with Gasteiger partial charge in [-0.1, -0.05) is 6.07 Å². The molecule has 114 valence electrons. The number of anilines is 1. The summed E-state index contributed by atoms with van der Waals surface area (Å²) >= 11 is 0. The number of carbonyl (C=O) groups excluding carboxylic acids is 1. The molecule has 0 aromatic carbocycles. The van der Waals surface area contributed by atoms with E-state index in [0.717, 1.165) is 37.8 Å². The van der Waals surface area contributed by atoms with Crippen molar-refractivity contribution in [2.75, 3.05) is 31.1 Å². The highest BCUT2D eigenvalue weighted by atomic mass is 16.2. The molecule has 0 atom stereocenters. The molecule has 3 heterocycles. The van der Waals surface area contributed by atoms with Crippen LogP contribution in [0.5, 0.6) is 0 Å². The van der Waals surface area contributed by atoms with Gasteiger partial charge in [0.05, 0.1) is 0 Å². The molecule has 22 heavy (non-hydrogen) atoms. The fraction of sp³-hybridized carbons (Fsp3) is 0.375. The van der Waals surface area contributed by atoms with Crippen LogP contribution < -0.4 is 4.90 Å². The molecule has 3 rings (SSSR count). The van der Waals surface area contributed by atoms with Crippen molar-refractivity contribution in [3.63, 3.8) is 0 Å². The highest BCUT2D eigenvalue weighted by Crippen LogP contribution is 2.11. The Morgan fingerprint density at radius 2 is 1.68 bits per heavy atom. The Labute approximate surface area is 129 Å². The van der Waals surface area contributed by atoms with E-state index in [0.29, 0.717) is 12.8 Å². The molecule has 1 amide bonds. The second-order valence-electron chi connectivity index (χ2n) is 5.24. The predicted octanol–water partition coefficient (Wildman–Crippen LogP) is 1.15. The van der Waals surface area contributed by atoms with Gasteiger partial charge in [-0.15, -0.1) is 0 Å². The first-order valence-electron chi connectivity index (χ1n) is 7.52. The summed E-state index contributed by atoms with van der Waals surface area (Å²) in [5.41, 5.74) is 0.965. The molecule has 0 radical (unpaired) electrons. The molecule has 0 N–H and O–H groups in total. The van der Waals surface area contributed by atoms with Crippen LogP contribution >= 0.6 is 0 Å². The zero-order valence-corrected chi connectivity index (χ0v) is 12.4. The lowest BCUT2D eigenvalue weighted by Gasteiger charge is -2.34. The Balaban J connectivity index is 1.48. The van der Waals surface area contributed by atoms with Gasteiger partial charge >= 0.3 is 0 Å². The summed E-state index contributed by atoms with van der Waals surface area (Å²) in [5.74, 6) is 0.933. The number of aromatic nitrogens is 3. The monoisotopic (exact) mass is 297 g/mol. The fourth-order valence-corrected chi connectivity index (χ4v) is 2.55. The number of aryl methyl sites for hydroxylation is 1. The number of pyridine rings is 1. The minimum absolute atomic E-state index is 0.194. The summed E-state index contributed by atoms with van der Waals surface area (Å²) in [6.07, 6.45) is 6.46. The summed E-state index contributed by atoms with van der Waals surface area (Å²) in [4.78, 5) is 29.1. The van der Waals surface area contributed by atoms with Crippen LogP contribution in [0.25, 0.3) is 0 Å². The standard InChI is InChI=1S/C16H19N5O/c22-15(6-5-14-4-1-2-7-17-14)20-10-12-21(13-11-20)16-18-8-3-9-19-16/h1-4,7-9H,5-6,10-13H2. The first-order chi connectivity index (χ1) is 10.8. The molecule has 6 nitrogen and oxygen atoms in total. The maximum atomic E-state index is 12.3. The van der Waals surface area contributed by atoms with Crippen LogP contribution in [0.4, 0.5) is 5.95 Å². The van der Waals surface area contributed by atoms with Gasteiger partial charge in [-0.25, -0.2) is 9.97 Å². The number of carbonyl (C=O) groups is 1. The molecule has 6 heteroatoms. The number of hydrogen-bond donors (Lipinski definition) is 0. The first-order valence-corrected chi connectivity index (χ1v) is 7.52. The van der Waals surface area contributed by atoms with E-state index in [9.17, 15) is 4.79 Å². The van der Waals surface area contributed by atoms with Gasteiger partial charge in [-0.05, 0) is 24.6 Å². The molecule has 2 aromatic heterocycles. The maximum Gasteiger partial charge on any atom is 0.225 e. The third kappa shape index (κ3) is 3.58. The van der Waals surface area contributed by atoms with Crippen LogP contribution in [-0.4, -0.2) is 51.9 Å². The lowest BCUT2D eigenvalue weighted by molar-refractivity contribution is -0.131. The first kappa shape index (κ1) is 14.4. The van der Waals surface area contributed by atoms with Crippen LogP contribution in [0.3, 0.4) is 0 Å². The van der Waals surface area contributed by atoms with Crippen molar-refractivity contribution >= 4 is 11.9 Å². The third-order valence-corrected chi connectivity index (χ3v) is 3.79. The van der Waals surface area contributed by atoms with Crippen LogP contribution in [0.1, 0.15) is 12.1 Å². The lowest BCUT2D eigenvalue weighted by atomic mass is 10.2. The van der Waals surface area contributed by atoms with Crippen molar-refractivity contribution in [3.8, 4) is 0 Å². The van der Waals surface area contributed by atoms with Gasteiger partial charge in [0, 0.05) is 56.9 Å². The summed E-state index contributed by atoms with van der Waals surface area (Å²) < 4.78 is 0. The van der Waals surface area contributed by atoms with E-state index < -0.39 is 0 Å². The van der Waals surface area contributed by atoms with Gasteiger partial charge < -0.3 is 9.80 Å². The van der Waals surface area contributed by atoms with Gasteiger partial charge in [0.25, 0.3) is 0 Å². The van der Waals surface area contributed by atoms with E-state index in [1.165, 1.54) is 0 Å². The minimum Gasteiger partial charge on any atom is -0.339 e. The average Bonchev–Trinajstić information content (AvgIpc) is 2.61. The second-order valence-corrected chi connectivity index (χ2v) is 5.24. The zero-order valence-electron chi connectivity index (χ0n) is 12.4. The van der Waals surface area contributed by atoms with Gasteiger partial charge in [0.15, 0.2) is 0 Å². The lowest BCUT2D eigenvalue weighted by Crippen LogP contribution is -2.49. The number of rotatable bonds is 4. The molecule has 0 bridgehead atoms. The summed E-state index contributed by atoms with van der Waals surface area (Å²) in [6.45, 7) is 3.00. The maximum absolute atomic E-state index is 12.3. The Kier molecular flexibility index (Phi) is 4.58. The molecule has 2 aromatic rings. The molecule has 0 aliphatic carbocycles. The Bertz CT molecular complexity index is 596. The molecule has 1 saturated heterocycles. The molecule has 0 spiro atoms. The Hall–Kier alpha value is -2.50. The van der Waals surface area contributed by atoms with Crippen LogP contribution in [0.2, 0.25) is 0 Å². The average molecular weight is 297 g/mol. The normalized spacial score (nSPS) is 14.9. The van der Waals surface area contributed by atoms with Gasteiger partial charge in [0.2, 0.25) is 11.9 Å².